The topological polar surface area (TPSA) is 51.0 Å². The monoisotopic (exact) mass is 230 g/mol. The molecule has 0 aliphatic heterocycles. The molecule has 1 amide bonds. The van der Waals surface area contributed by atoms with Gasteiger partial charge in [0.1, 0.15) is 0 Å². The van der Waals surface area contributed by atoms with Gasteiger partial charge in [-0.25, -0.2) is 4.68 Å². The number of carbonyl (C=O) groups excluding carboxylic acids is 1. The number of nitrogens with zero attached hydrogens (tertiary/aromatic N) is 4. The van der Waals surface area contributed by atoms with Crippen LogP contribution in [0.2, 0.25) is 0 Å². The summed E-state index contributed by atoms with van der Waals surface area (Å²) in [5, 5.41) is 4.20. The van der Waals surface area contributed by atoms with Crippen LogP contribution in [0.25, 0.3) is 5.69 Å². The van der Waals surface area contributed by atoms with Crippen molar-refractivity contribution in [1.82, 2.24) is 14.8 Å². The van der Waals surface area contributed by atoms with Crippen molar-refractivity contribution in [1.29, 1.82) is 0 Å². The molecule has 0 atom stereocenters. The van der Waals surface area contributed by atoms with Gasteiger partial charge in [0.05, 0.1) is 30.0 Å². The largest absolute Gasteiger partial charge is 0.313 e. The highest BCUT2D eigenvalue weighted by Gasteiger charge is 2.08. The number of carbonyl (C=O) groups is 1. The van der Waals surface area contributed by atoms with Gasteiger partial charge in [-0.2, -0.15) is 5.10 Å². The van der Waals surface area contributed by atoms with E-state index in [9.17, 15) is 4.79 Å². The number of hydrogen-bond donors (Lipinski definition) is 0. The van der Waals surface area contributed by atoms with E-state index in [0.717, 1.165) is 17.1 Å². The molecule has 0 fully saturated rings. The van der Waals surface area contributed by atoms with Gasteiger partial charge in [-0.05, 0) is 19.1 Å². The molecule has 0 saturated carbocycles. The lowest BCUT2D eigenvalue weighted by molar-refractivity contribution is -0.116. The molecule has 5 heteroatoms. The Morgan fingerprint density at radius 3 is 2.71 bits per heavy atom. The summed E-state index contributed by atoms with van der Waals surface area (Å²) < 4.78 is 1.70. The van der Waals surface area contributed by atoms with Gasteiger partial charge in [-0.15, -0.1) is 0 Å². The number of rotatable bonds is 2. The molecular weight excluding hydrogens is 216 g/mol. The van der Waals surface area contributed by atoms with Crippen molar-refractivity contribution < 1.29 is 4.79 Å². The van der Waals surface area contributed by atoms with Gasteiger partial charge in [-0.1, -0.05) is 0 Å². The summed E-state index contributed by atoms with van der Waals surface area (Å²) in [5.41, 5.74) is 2.60. The van der Waals surface area contributed by atoms with Gasteiger partial charge in [0.2, 0.25) is 5.91 Å². The van der Waals surface area contributed by atoms with Crippen LogP contribution in [0.4, 0.5) is 5.69 Å². The Labute approximate surface area is 99.7 Å². The molecule has 5 nitrogen and oxygen atoms in total. The summed E-state index contributed by atoms with van der Waals surface area (Å²) in [7, 11) is 1.72. The summed E-state index contributed by atoms with van der Waals surface area (Å²) in [6, 6.07) is 3.86. The van der Waals surface area contributed by atoms with Crippen LogP contribution < -0.4 is 4.90 Å². The summed E-state index contributed by atoms with van der Waals surface area (Å²) in [6.07, 6.45) is 5.20. The first-order valence-corrected chi connectivity index (χ1v) is 5.30. The van der Waals surface area contributed by atoms with Crippen molar-refractivity contribution in [3.63, 3.8) is 0 Å². The maximum Gasteiger partial charge on any atom is 0.223 e. The van der Waals surface area contributed by atoms with Gasteiger partial charge in [-0.3, -0.25) is 9.78 Å². The lowest BCUT2D eigenvalue weighted by Crippen LogP contribution is -2.22. The maximum absolute atomic E-state index is 11.2. The molecular formula is C12H14N4O. The Morgan fingerprint density at radius 1 is 1.35 bits per heavy atom. The number of amides is 1. The Hall–Kier alpha value is -2.17. The molecule has 2 aromatic heterocycles. The second kappa shape index (κ2) is 4.37. The minimum atomic E-state index is -0.0217. The van der Waals surface area contributed by atoms with Crippen LogP contribution in [-0.2, 0) is 4.79 Å². The normalized spacial score (nSPS) is 10.3. The van der Waals surface area contributed by atoms with Crippen molar-refractivity contribution in [3.05, 3.63) is 36.4 Å². The average molecular weight is 230 g/mol. The van der Waals surface area contributed by atoms with Crippen LogP contribution in [0, 0.1) is 6.92 Å². The molecule has 0 radical (unpaired) electrons. The van der Waals surface area contributed by atoms with E-state index >= 15 is 0 Å². The van der Waals surface area contributed by atoms with Crippen LogP contribution in [0.3, 0.4) is 0 Å². The second-order valence-electron chi connectivity index (χ2n) is 3.88. The third kappa shape index (κ3) is 2.33. The number of pyridine rings is 1. The predicted octanol–water partition coefficient (Wildman–Crippen LogP) is 1.56. The van der Waals surface area contributed by atoms with Crippen molar-refractivity contribution in [2.24, 2.45) is 0 Å². The molecule has 0 aliphatic rings. The Morgan fingerprint density at radius 2 is 2.12 bits per heavy atom. The summed E-state index contributed by atoms with van der Waals surface area (Å²) in [4.78, 5) is 17.0. The third-order valence-corrected chi connectivity index (χ3v) is 2.59. The average Bonchev–Trinajstić information content (AvgIpc) is 2.78. The molecule has 0 aliphatic carbocycles. The molecule has 2 heterocycles. The number of hydrogen-bond acceptors (Lipinski definition) is 3. The minimum Gasteiger partial charge on any atom is -0.313 e. The van der Waals surface area contributed by atoms with E-state index in [-0.39, 0.29) is 5.91 Å². The van der Waals surface area contributed by atoms with Crippen LogP contribution in [-0.4, -0.2) is 27.7 Å². The first-order valence-electron chi connectivity index (χ1n) is 5.30. The van der Waals surface area contributed by atoms with E-state index in [1.807, 2.05) is 19.1 Å². The number of aryl methyl sites for hydroxylation is 1. The van der Waals surface area contributed by atoms with Gasteiger partial charge in [0.15, 0.2) is 0 Å². The smallest absolute Gasteiger partial charge is 0.223 e. The lowest BCUT2D eigenvalue weighted by Gasteiger charge is -2.10. The Bertz CT molecular complexity index is 530. The fourth-order valence-electron chi connectivity index (χ4n) is 1.41. The molecule has 0 N–H and O–H groups in total. The highest BCUT2D eigenvalue weighted by molar-refractivity contribution is 5.90. The van der Waals surface area contributed by atoms with Crippen molar-refractivity contribution in [2.45, 2.75) is 13.8 Å². The predicted molar refractivity (Wildman–Crippen MR) is 65.2 cm³/mol. The van der Waals surface area contributed by atoms with E-state index in [0.29, 0.717) is 0 Å². The van der Waals surface area contributed by atoms with Crippen LogP contribution in [0.5, 0.6) is 0 Å². The molecule has 0 aromatic carbocycles. The lowest BCUT2D eigenvalue weighted by atomic mass is 10.3. The fourth-order valence-corrected chi connectivity index (χ4v) is 1.41. The fraction of sp³-hybridized carbons (Fsp3) is 0.250. The standard InChI is InChI=1S/C12H14N4O/c1-9-4-5-11(6-13-9)16-8-12(7-14-16)15(3)10(2)17/h4-8H,1-3H3. The Kier molecular flexibility index (Phi) is 2.91. The second-order valence-corrected chi connectivity index (χ2v) is 3.88. The molecule has 2 rings (SSSR count). The summed E-state index contributed by atoms with van der Waals surface area (Å²) >= 11 is 0. The SMILES string of the molecule is CC(=O)N(C)c1cnn(-c2ccc(C)nc2)c1. The highest BCUT2D eigenvalue weighted by atomic mass is 16.2. The van der Waals surface area contributed by atoms with E-state index in [4.69, 9.17) is 0 Å². The van der Waals surface area contributed by atoms with Crippen LogP contribution in [0.15, 0.2) is 30.7 Å². The van der Waals surface area contributed by atoms with Gasteiger partial charge < -0.3 is 4.90 Å². The zero-order valence-corrected chi connectivity index (χ0v) is 10.1. The van der Waals surface area contributed by atoms with E-state index in [1.165, 1.54) is 6.92 Å². The molecule has 88 valence electrons. The van der Waals surface area contributed by atoms with E-state index in [2.05, 4.69) is 10.1 Å². The van der Waals surface area contributed by atoms with E-state index in [1.54, 1.807) is 35.2 Å². The van der Waals surface area contributed by atoms with Crippen LogP contribution >= 0.6 is 0 Å². The molecule has 0 spiro atoms. The molecule has 0 bridgehead atoms. The first-order chi connectivity index (χ1) is 8.08. The van der Waals surface area contributed by atoms with Crippen molar-refractivity contribution in [3.8, 4) is 5.69 Å². The zero-order valence-electron chi connectivity index (χ0n) is 10.1. The number of anilines is 1. The van der Waals surface area contributed by atoms with E-state index < -0.39 is 0 Å². The molecule has 0 saturated heterocycles. The Balaban J connectivity index is 2.29. The molecule has 0 unspecified atom stereocenters. The quantitative estimate of drug-likeness (QED) is 0.786. The van der Waals surface area contributed by atoms with Crippen molar-refractivity contribution >= 4 is 11.6 Å². The maximum atomic E-state index is 11.2. The molecule has 17 heavy (non-hydrogen) atoms. The summed E-state index contributed by atoms with van der Waals surface area (Å²) in [6.45, 7) is 3.45. The summed E-state index contributed by atoms with van der Waals surface area (Å²) in [5.74, 6) is -0.0217. The van der Waals surface area contributed by atoms with Crippen LogP contribution in [0.1, 0.15) is 12.6 Å². The van der Waals surface area contributed by atoms with Gasteiger partial charge in [0.25, 0.3) is 0 Å². The minimum absolute atomic E-state index is 0.0217. The number of aromatic nitrogens is 3. The zero-order chi connectivity index (χ0) is 12.4. The van der Waals surface area contributed by atoms with Gasteiger partial charge in [0, 0.05) is 19.7 Å². The van der Waals surface area contributed by atoms with Gasteiger partial charge >= 0.3 is 0 Å². The third-order valence-electron chi connectivity index (χ3n) is 2.59. The van der Waals surface area contributed by atoms with Crippen molar-refractivity contribution in [2.75, 3.05) is 11.9 Å². The highest BCUT2D eigenvalue weighted by Crippen LogP contribution is 2.14. The first kappa shape index (κ1) is 11.3. The molecule has 2 aromatic rings.